The number of aliphatic hydroxyl groups excluding tert-OH is 1. The van der Waals surface area contributed by atoms with Gasteiger partial charge in [-0.15, -0.1) is 11.8 Å². The van der Waals surface area contributed by atoms with Crippen LogP contribution in [0.3, 0.4) is 0 Å². The van der Waals surface area contributed by atoms with Crippen LogP contribution in [0, 0.1) is 0 Å². The monoisotopic (exact) mass is 227 g/mol. The smallest absolute Gasteiger partial charge is 0.115 e. The number of aliphatic hydroxyl groups is 1. The van der Waals surface area contributed by atoms with E-state index in [-0.39, 0.29) is 6.61 Å². The molecule has 3 N–H and O–H groups in total. The van der Waals surface area contributed by atoms with Gasteiger partial charge in [0.25, 0.3) is 0 Å². The lowest BCUT2D eigenvalue weighted by Crippen LogP contribution is -2.42. The van der Waals surface area contributed by atoms with Crippen molar-refractivity contribution in [2.75, 3.05) is 6.61 Å². The van der Waals surface area contributed by atoms with Gasteiger partial charge in [-0.1, -0.05) is 6.92 Å². The first-order valence-electron chi connectivity index (χ1n) is 4.86. The number of thioether (sulfide) groups is 1. The molecule has 0 spiro atoms. The Balaban J connectivity index is 2.46. The first-order chi connectivity index (χ1) is 7.03. The molecule has 0 aliphatic carbocycles. The molecule has 0 bridgehead atoms. The van der Waals surface area contributed by atoms with E-state index in [1.54, 1.807) is 30.4 Å². The van der Waals surface area contributed by atoms with E-state index in [1.807, 2.05) is 6.92 Å². The summed E-state index contributed by atoms with van der Waals surface area (Å²) in [6, 6.07) is 0. The van der Waals surface area contributed by atoms with Crippen molar-refractivity contribution in [1.82, 2.24) is 9.97 Å². The van der Waals surface area contributed by atoms with Crippen LogP contribution in [0.1, 0.15) is 20.3 Å². The van der Waals surface area contributed by atoms with Crippen LogP contribution in [0.25, 0.3) is 0 Å². The van der Waals surface area contributed by atoms with E-state index in [1.165, 1.54) is 0 Å². The third kappa shape index (κ3) is 4.59. The van der Waals surface area contributed by atoms with Crippen LogP contribution < -0.4 is 5.73 Å². The number of hydrogen-bond acceptors (Lipinski definition) is 5. The fraction of sp³-hybridized carbons (Fsp3) is 0.600. The van der Waals surface area contributed by atoms with Gasteiger partial charge in [0.15, 0.2) is 0 Å². The topological polar surface area (TPSA) is 72.0 Å². The van der Waals surface area contributed by atoms with Crippen LogP contribution in [0.4, 0.5) is 0 Å². The van der Waals surface area contributed by atoms with E-state index in [9.17, 15) is 0 Å². The summed E-state index contributed by atoms with van der Waals surface area (Å²) in [7, 11) is 0. The molecule has 1 aromatic heterocycles. The number of nitrogens with zero attached hydrogens (tertiary/aromatic N) is 2. The second kappa shape index (κ2) is 5.44. The summed E-state index contributed by atoms with van der Waals surface area (Å²) >= 11 is 1.62. The van der Waals surface area contributed by atoms with Crippen LogP contribution in [0.2, 0.25) is 0 Å². The van der Waals surface area contributed by atoms with Crippen molar-refractivity contribution in [3.05, 3.63) is 18.6 Å². The first kappa shape index (κ1) is 12.4. The number of rotatable bonds is 5. The highest BCUT2D eigenvalue weighted by Gasteiger charge is 2.21. The Kier molecular flexibility index (Phi) is 4.50. The zero-order valence-electron chi connectivity index (χ0n) is 9.05. The van der Waals surface area contributed by atoms with Gasteiger partial charge in [0.1, 0.15) is 5.03 Å². The Morgan fingerprint density at radius 1 is 1.60 bits per heavy atom. The predicted molar refractivity (Wildman–Crippen MR) is 61.6 cm³/mol. The quantitative estimate of drug-likeness (QED) is 0.736. The Hall–Kier alpha value is -0.650. The molecule has 0 aliphatic heterocycles. The molecule has 2 atom stereocenters. The van der Waals surface area contributed by atoms with Crippen LogP contribution in [-0.4, -0.2) is 32.5 Å². The second-order valence-corrected chi connectivity index (χ2v) is 5.45. The van der Waals surface area contributed by atoms with E-state index in [4.69, 9.17) is 10.8 Å². The van der Waals surface area contributed by atoms with Crippen molar-refractivity contribution in [3.8, 4) is 0 Å². The fourth-order valence-corrected chi connectivity index (χ4v) is 2.44. The van der Waals surface area contributed by atoms with Crippen molar-refractivity contribution >= 4 is 11.8 Å². The molecule has 0 saturated carbocycles. The molecule has 0 radical (unpaired) electrons. The van der Waals surface area contributed by atoms with Crippen molar-refractivity contribution in [2.45, 2.75) is 36.1 Å². The highest BCUT2D eigenvalue weighted by molar-refractivity contribution is 7.99. The van der Waals surface area contributed by atoms with Gasteiger partial charge < -0.3 is 10.8 Å². The molecular formula is C10H17N3OS. The highest BCUT2D eigenvalue weighted by atomic mass is 32.2. The molecule has 0 aromatic carbocycles. The maximum Gasteiger partial charge on any atom is 0.115 e. The number of nitrogens with two attached hydrogens (primary N) is 1. The summed E-state index contributed by atoms with van der Waals surface area (Å²) in [5.41, 5.74) is 5.35. The largest absolute Gasteiger partial charge is 0.394 e. The Morgan fingerprint density at radius 3 is 2.87 bits per heavy atom. The summed E-state index contributed by atoms with van der Waals surface area (Å²) < 4.78 is 0. The fourth-order valence-electron chi connectivity index (χ4n) is 1.32. The molecule has 1 aromatic rings. The maximum atomic E-state index is 9.05. The lowest BCUT2D eigenvalue weighted by Gasteiger charge is -2.24. The molecule has 0 amide bonds. The van der Waals surface area contributed by atoms with Crippen LogP contribution in [0.5, 0.6) is 0 Å². The van der Waals surface area contributed by atoms with Gasteiger partial charge in [-0.2, -0.15) is 0 Å². The van der Waals surface area contributed by atoms with Gasteiger partial charge in [-0.05, 0) is 13.3 Å². The Bertz CT molecular complexity index is 292. The zero-order chi connectivity index (χ0) is 11.3. The summed E-state index contributed by atoms with van der Waals surface area (Å²) in [6.07, 6.45) is 5.79. The van der Waals surface area contributed by atoms with Crippen LogP contribution in [-0.2, 0) is 0 Å². The lowest BCUT2D eigenvalue weighted by atomic mass is 9.99. The van der Waals surface area contributed by atoms with E-state index < -0.39 is 5.54 Å². The molecule has 1 rings (SSSR count). The molecule has 0 fully saturated rings. The van der Waals surface area contributed by atoms with E-state index >= 15 is 0 Å². The second-order valence-electron chi connectivity index (χ2n) is 3.99. The van der Waals surface area contributed by atoms with Crippen molar-refractivity contribution < 1.29 is 5.11 Å². The minimum Gasteiger partial charge on any atom is -0.394 e. The maximum absolute atomic E-state index is 9.05. The SMILES string of the molecule is CC(CC(C)(N)CO)Sc1cnccn1. The van der Waals surface area contributed by atoms with Crippen molar-refractivity contribution in [2.24, 2.45) is 5.73 Å². The number of hydrogen-bond donors (Lipinski definition) is 2. The molecule has 4 nitrogen and oxygen atoms in total. The highest BCUT2D eigenvalue weighted by Crippen LogP contribution is 2.25. The van der Waals surface area contributed by atoms with Gasteiger partial charge in [-0.3, -0.25) is 4.98 Å². The zero-order valence-corrected chi connectivity index (χ0v) is 9.87. The Labute approximate surface area is 94.3 Å². The summed E-state index contributed by atoms with van der Waals surface area (Å²) in [6.45, 7) is 3.92. The minimum absolute atomic E-state index is 0.00162. The third-order valence-electron chi connectivity index (χ3n) is 1.98. The molecule has 0 aliphatic rings. The van der Waals surface area contributed by atoms with Gasteiger partial charge in [0, 0.05) is 23.2 Å². The lowest BCUT2D eigenvalue weighted by molar-refractivity contribution is 0.201. The first-order valence-corrected chi connectivity index (χ1v) is 5.74. The normalized spacial score (nSPS) is 17.1. The minimum atomic E-state index is -0.519. The Morgan fingerprint density at radius 2 is 2.33 bits per heavy atom. The third-order valence-corrected chi connectivity index (χ3v) is 3.00. The molecule has 15 heavy (non-hydrogen) atoms. The summed E-state index contributed by atoms with van der Waals surface area (Å²) in [4.78, 5) is 8.16. The van der Waals surface area contributed by atoms with Crippen LogP contribution in [0.15, 0.2) is 23.6 Å². The molecule has 2 unspecified atom stereocenters. The summed E-state index contributed by atoms with van der Waals surface area (Å²) in [5.74, 6) is 0. The van der Waals surface area contributed by atoms with E-state index in [0.29, 0.717) is 5.25 Å². The van der Waals surface area contributed by atoms with E-state index in [0.717, 1.165) is 11.4 Å². The van der Waals surface area contributed by atoms with Crippen molar-refractivity contribution in [1.29, 1.82) is 0 Å². The molecular weight excluding hydrogens is 210 g/mol. The molecule has 5 heteroatoms. The number of aromatic nitrogens is 2. The van der Waals surface area contributed by atoms with Gasteiger partial charge in [0.05, 0.1) is 12.8 Å². The van der Waals surface area contributed by atoms with Gasteiger partial charge >= 0.3 is 0 Å². The standard InChI is InChI=1S/C10H17N3OS/c1-8(5-10(2,11)7-14)15-9-6-12-3-4-13-9/h3-4,6,8,14H,5,7,11H2,1-2H3. The van der Waals surface area contributed by atoms with Gasteiger partial charge in [-0.25, -0.2) is 4.98 Å². The molecule has 1 heterocycles. The average Bonchev–Trinajstić information content (AvgIpc) is 2.18. The van der Waals surface area contributed by atoms with E-state index in [2.05, 4.69) is 16.9 Å². The predicted octanol–water partition coefficient (Wildman–Crippen LogP) is 1.06. The summed E-state index contributed by atoms with van der Waals surface area (Å²) in [5, 5.41) is 10.2. The molecule has 0 saturated heterocycles. The van der Waals surface area contributed by atoms with Crippen LogP contribution >= 0.6 is 11.8 Å². The average molecular weight is 227 g/mol. The molecule has 84 valence electrons. The van der Waals surface area contributed by atoms with Gasteiger partial charge in [0.2, 0.25) is 0 Å². The van der Waals surface area contributed by atoms with Crippen molar-refractivity contribution in [3.63, 3.8) is 0 Å².